The molecule has 0 unspecified atom stereocenters. The number of rotatable bonds is 7. The summed E-state index contributed by atoms with van der Waals surface area (Å²) in [6, 6.07) is 8.37. The van der Waals surface area contributed by atoms with E-state index in [1.807, 2.05) is 0 Å². The Bertz CT molecular complexity index is 1070. The molecule has 0 radical (unpaired) electrons. The fourth-order valence-electron chi connectivity index (χ4n) is 4.65. The highest BCUT2D eigenvalue weighted by molar-refractivity contribution is 5.85. The van der Waals surface area contributed by atoms with Gasteiger partial charge in [0.2, 0.25) is 0 Å². The molecule has 0 saturated heterocycles. The maximum absolute atomic E-state index is 11.0. The lowest BCUT2D eigenvalue weighted by Gasteiger charge is -2.25. The number of aromatic hydroxyl groups is 2. The number of nitrogens with zero attached hydrogens (tertiary/aromatic N) is 2. The van der Waals surface area contributed by atoms with Crippen molar-refractivity contribution in [1.29, 1.82) is 0 Å². The third-order valence-corrected chi connectivity index (χ3v) is 6.30. The summed E-state index contributed by atoms with van der Waals surface area (Å²) >= 11 is 0. The molecule has 0 atom stereocenters. The van der Waals surface area contributed by atoms with Crippen LogP contribution in [0.25, 0.3) is 0 Å². The smallest absolute Gasteiger partial charge is 0.128 e. The summed E-state index contributed by atoms with van der Waals surface area (Å²) in [6.45, 7) is 27.1. The van der Waals surface area contributed by atoms with Gasteiger partial charge in [-0.05, 0) is 57.8 Å². The Kier molecular flexibility index (Phi) is 9.67. The highest BCUT2D eigenvalue weighted by atomic mass is 16.3. The first-order valence-electron chi connectivity index (χ1n) is 13.9. The molecule has 38 heavy (non-hydrogen) atoms. The molecule has 0 heterocycles. The van der Waals surface area contributed by atoms with Gasteiger partial charge >= 0.3 is 0 Å². The molecule has 4 nitrogen and oxygen atoms in total. The van der Waals surface area contributed by atoms with Gasteiger partial charge in [0.05, 0.1) is 13.1 Å². The zero-order valence-corrected chi connectivity index (χ0v) is 26.1. The van der Waals surface area contributed by atoms with Crippen LogP contribution in [-0.2, 0) is 23.7 Å². The third kappa shape index (κ3) is 9.60. The third-order valence-electron chi connectivity index (χ3n) is 6.30. The minimum absolute atomic E-state index is 0.151. The van der Waals surface area contributed by atoms with Crippen molar-refractivity contribution in [2.75, 3.05) is 13.1 Å². The fourth-order valence-corrected chi connectivity index (χ4v) is 4.65. The van der Waals surface area contributed by atoms with Gasteiger partial charge in [-0.3, -0.25) is 9.98 Å². The first-order chi connectivity index (χ1) is 17.2. The molecule has 0 fully saturated rings. The lowest BCUT2D eigenvalue weighted by atomic mass is 9.81. The molecule has 0 spiro atoms. The average Bonchev–Trinajstić information content (AvgIpc) is 2.70. The minimum Gasteiger partial charge on any atom is -0.507 e. The predicted molar refractivity (Wildman–Crippen MR) is 165 cm³/mol. The van der Waals surface area contributed by atoms with Gasteiger partial charge in [0, 0.05) is 34.7 Å². The Labute approximate surface area is 232 Å². The van der Waals surface area contributed by atoms with Crippen LogP contribution >= 0.6 is 0 Å². The summed E-state index contributed by atoms with van der Waals surface area (Å²) in [4.78, 5) is 9.16. The number of hydrogen-bond donors (Lipinski definition) is 2. The van der Waals surface area contributed by atoms with Crippen LogP contribution in [0.5, 0.6) is 11.5 Å². The second kappa shape index (κ2) is 11.6. The summed E-state index contributed by atoms with van der Waals surface area (Å²) in [5.41, 5.74) is 5.78. The molecule has 0 aliphatic rings. The highest BCUT2D eigenvalue weighted by Crippen LogP contribution is 2.37. The van der Waals surface area contributed by atoms with Crippen LogP contribution in [-0.4, -0.2) is 35.7 Å². The maximum Gasteiger partial charge on any atom is 0.128 e. The van der Waals surface area contributed by atoms with E-state index >= 15 is 0 Å². The molecule has 0 saturated carbocycles. The molecule has 2 aromatic rings. The van der Waals surface area contributed by atoms with Gasteiger partial charge in [0.15, 0.2) is 0 Å². The second-order valence-electron chi connectivity index (χ2n) is 15.2. The van der Waals surface area contributed by atoms with Crippen LogP contribution in [0.2, 0.25) is 0 Å². The minimum atomic E-state index is -0.166. The SMILES string of the molecule is CC(C)(C)Cc1cc(C=NCCN=Cc2cc(CC(C)(C)C)cc(C(C)(C)C)c2O)c(O)c(C(C)(C)C)c1. The van der Waals surface area contributed by atoms with Crippen molar-refractivity contribution in [2.45, 2.75) is 107 Å². The number of hydrogen-bond acceptors (Lipinski definition) is 4. The van der Waals surface area contributed by atoms with Crippen LogP contribution in [0, 0.1) is 10.8 Å². The lowest BCUT2D eigenvalue weighted by Crippen LogP contribution is -2.15. The molecular weight excluding hydrogens is 468 g/mol. The monoisotopic (exact) mass is 520 g/mol. The van der Waals surface area contributed by atoms with Crippen molar-refractivity contribution in [2.24, 2.45) is 20.8 Å². The standard InChI is InChI=1S/C34H52N2O2/c1-31(2,3)19-23-15-25(29(37)27(17-23)33(7,8)9)21-35-13-14-36-22-26-16-24(20-32(4,5)6)18-28(30(26)38)34(10,11)12/h15-18,21-22,37-38H,13-14,19-20H2,1-12H3. The number of benzene rings is 2. The molecule has 2 aromatic carbocycles. The van der Waals surface area contributed by atoms with Crippen LogP contribution in [0.4, 0.5) is 0 Å². The van der Waals surface area contributed by atoms with Gasteiger partial charge in [-0.25, -0.2) is 0 Å². The van der Waals surface area contributed by atoms with E-state index in [1.54, 1.807) is 12.4 Å². The van der Waals surface area contributed by atoms with E-state index in [4.69, 9.17) is 0 Å². The molecule has 0 aromatic heterocycles. The number of phenols is 2. The summed E-state index contributed by atoms with van der Waals surface area (Å²) in [7, 11) is 0. The topological polar surface area (TPSA) is 65.2 Å². The normalized spacial score (nSPS) is 13.7. The summed E-state index contributed by atoms with van der Waals surface area (Å²) in [5, 5.41) is 22.0. The van der Waals surface area contributed by atoms with Crippen LogP contribution in [0.15, 0.2) is 34.3 Å². The predicted octanol–water partition coefficient (Wildman–Crippen LogP) is 8.41. The molecular formula is C34H52N2O2. The molecule has 0 bridgehead atoms. The Hall–Kier alpha value is -2.62. The van der Waals surface area contributed by atoms with E-state index in [1.165, 1.54) is 11.1 Å². The van der Waals surface area contributed by atoms with Crippen molar-refractivity contribution < 1.29 is 10.2 Å². The highest BCUT2D eigenvalue weighted by Gasteiger charge is 2.24. The summed E-state index contributed by atoms with van der Waals surface area (Å²) in [6.07, 6.45) is 5.39. The molecule has 4 heteroatoms. The largest absolute Gasteiger partial charge is 0.507 e. The van der Waals surface area contributed by atoms with E-state index in [-0.39, 0.29) is 21.7 Å². The van der Waals surface area contributed by atoms with Crippen molar-refractivity contribution in [3.05, 3.63) is 57.6 Å². The average molecular weight is 521 g/mol. The molecule has 0 aliphatic carbocycles. The van der Waals surface area contributed by atoms with Crippen LogP contribution in [0.3, 0.4) is 0 Å². The zero-order chi connectivity index (χ0) is 29.1. The van der Waals surface area contributed by atoms with Gasteiger partial charge in [0.25, 0.3) is 0 Å². The first-order valence-corrected chi connectivity index (χ1v) is 13.9. The van der Waals surface area contributed by atoms with Gasteiger partial charge < -0.3 is 10.2 Å². The Morgan fingerprint density at radius 3 is 1.13 bits per heavy atom. The van der Waals surface area contributed by atoms with E-state index in [2.05, 4.69) is 117 Å². The van der Waals surface area contributed by atoms with Gasteiger partial charge in [-0.1, -0.05) is 95.2 Å². The summed E-state index contributed by atoms with van der Waals surface area (Å²) in [5.74, 6) is 0.607. The quantitative estimate of drug-likeness (QED) is 0.284. The molecule has 0 amide bonds. The molecule has 210 valence electrons. The lowest BCUT2D eigenvalue weighted by molar-refractivity contribution is 0.408. The fraction of sp³-hybridized carbons (Fsp3) is 0.588. The van der Waals surface area contributed by atoms with Crippen LogP contribution < -0.4 is 0 Å². The summed E-state index contributed by atoms with van der Waals surface area (Å²) < 4.78 is 0. The molecule has 2 rings (SSSR count). The Morgan fingerprint density at radius 1 is 0.553 bits per heavy atom. The number of aliphatic imine (C=N–C) groups is 2. The van der Waals surface area contributed by atoms with Crippen molar-refractivity contribution in [3.63, 3.8) is 0 Å². The van der Waals surface area contributed by atoms with Gasteiger partial charge in [-0.2, -0.15) is 0 Å². The Morgan fingerprint density at radius 2 is 0.868 bits per heavy atom. The van der Waals surface area contributed by atoms with Crippen LogP contribution in [0.1, 0.15) is 116 Å². The van der Waals surface area contributed by atoms with Crippen molar-refractivity contribution >= 4 is 12.4 Å². The Balaban J connectivity index is 2.25. The van der Waals surface area contributed by atoms with Gasteiger partial charge in [0.1, 0.15) is 11.5 Å². The van der Waals surface area contributed by atoms with E-state index < -0.39 is 0 Å². The number of phenolic OH excluding ortho intramolecular Hbond substituents is 2. The van der Waals surface area contributed by atoms with E-state index in [0.717, 1.165) is 35.1 Å². The van der Waals surface area contributed by atoms with E-state index in [0.29, 0.717) is 24.6 Å². The molecule has 0 aliphatic heterocycles. The second-order valence-corrected chi connectivity index (χ2v) is 15.2. The van der Waals surface area contributed by atoms with Crippen molar-refractivity contribution in [3.8, 4) is 11.5 Å². The van der Waals surface area contributed by atoms with Gasteiger partial charge in [-0.15, -0.1) is 0 Å². The zero-order valence-electron chi connectivity index (χ0n) is 26.1. The molecule has 2 N–H and O–H groups in total. The van der Waals surface area contributed by atoms with Crippen molar-refractivity contribution in [1.82, 2.24) is 0 Å². The first kappa shape index (κ1) is 31.6. The maximum atomic E-state index is 11.0. The van der Waals surface area contributed by atoms with E-state index in [9.17, 15) is 10.2 Å².